The van der Waals surface area contributed by atoms with Crippen LogP contribution in [0.2, 0.25) is 0 Å². The zero-order valence-corrected chi connectivity index (χ0v) is 19.0. The summed E-state index contributed by atoms with van der Waals surface area (Å²) in [4.78, 5) is 17.0. The maximum absolute atomic E-state index is 12.4. The van der Waals surface area contributed by atoms with Crippen LogP contribution < -0.4 is 10.1 Å². The van der Waals surface area contributed by atoms with E-state index in [0.717, 1.165) is 15.6 Å². The topological polar surface area (TPSA) is 64.4 Å². The molecule has 31 heavy (non-hydrogen) atoms. The third kappa shape index (κ3) is 4.70. The Hall–Kier alpha value is -3.38. The fourth-order valence-electron chi connectivity index (χ4n) is 3.19. The third-order valence-corrected chi connectivity index (χ3v) is 5.51. The van der Waals surface area contributed by atoms with E-state index in [4.69, 9.17) is 9.15 Å². The van der Waals surface area contributed by atoms with Crippen LogP contribution >= 0.6 is 15.9 Å². The molecule has 0 atom stereocenters. The van der Waals surface area contributed by atoms with E-state index in [1.54, 1.807) is 25.3 Å². The van der Waals surface area contributed by atoms with E-state index >= 15 is 0 Å². The van der Waals surface area contributed by atoms with Crippen molar-refractivity contribution in [2.75, 3.05) is 12.4 Å². The molecule has 0 spiro atoms. The highest BCUT2D eigenvalue weighted by atomic mass is 79.9. The first-order valence-electron chi connectivity index (χ1n) is 9.74. The van der Waals surface area contributed by atoms with Crippen molar-refractivity contribution in [3.63, 3.8) is 0 Å². The maximum Gasteiger partial charge on any atom is 0.248 e. The smallest absolute Gasteiger partial charge is 0.248 e. The third-order valence-electron chi connectivity index (χ3n) is 5.01. The Bertz CT molecular complexity index is 1310. The number of amides is 1. The predicted molar refractivity (Wildman–Crippen MR) is 127 cm³/mol. The summed E-state index contributed by atoms with van der Waals surface area (Å²) in [7, 11) is 1.60. The zero-order valence-electron chi connectivity index (χ0n) is 17.4. The molecule has 0 aliphatic heterocycles. The van der Waals surface area contributed by atoms with Gasteiger partial charge in [-0.3, -0.25) is 4.79 Å². The summed E-state index contributed by atoms with van der Waals surface area (Å²) in [6.45, 7) is 4.13. The van der Waals surface area contributed by atoms with Gasteiger partial charge in [0.15, 0.2) is 5.58 Å². The lowest BCUT2D eigenvalue weighted by Gasteiger charge is -2.05. The lowest BCUT2D eigenvalue weighted by Crippen LogP contribution is -2.07. The minimum atomic E-state index is -0.251. The number of oxazole rings is 1. The van der Waals surface area contributed by atoms with Crippen LogP contribution in [0.1, 0.15) is 16.7 Å². The SMILES string of the molecule is COc1ccc(Br)cc1/C=C/C(=O)Nc1ccc2oc(-c3ccc(C)c(C)c3)nc2c1. The average Bonchev–Trinajstić information content (AvgIpc) is 3.17. The Morgan fingerprint density at radius 2 is 1.90 bits per heavy atom. The second kappa shape index (κ2) is 8.78. The van der Waals surface area contributed by atoms with E-state index in [0.29, 0.717) is 28.4 Å². The first-order chi connectivity index (χ1) is 14.9. The lowest BCUT2D eigenvalue weighted by molar-refractivity contribution is -0.111. The van der Waals surface area contributed by atoms with Crippen LogP contribution in [0.4, 0.5) is 5.69 Å². The van der Waals surface area contributed by atoms with E-state index in [-0.39, 0.29) is 5.91 Å². The Morgan fingerprint density at radius 3 is 2.68 bits per heavy atom. The number of ether oxygens (including phenoxy) is 1. The molecule has 0 bridgehead atoms. The molecule has 0 aliphatic rings. The zero-order chi connectivity index (χ0) is 22.0. The number of aromatic nitrogens is 1. The Balaban J connectivity index is 1.53. The highest BCUT2D eigenvalue weighted by molar-refractivity contribution is 9.10. The molecule has 0 saturated carbocycles. The van der Waals surface area contributed by atoms with E-state index in [9.17, 15) is 4.79 Å². The highest BCUT2D eigenvalue weighted by Gasteiger charge is 2.10. The Morgan fingerprint density at radius 1 is 1.06 bits per heavy atom. The summed E-state index contributed by atoms with van der Waals surface area (Å²) in [5.74, 6) is 0.998. The van der Waals surface area contributed by atoms with Crippen molar-refractivity contribution >= 4 is 44.7 Å². The van der Waals surface area contributed by atoms with Crippen molar-refractivity contribution in [3.05, 3.63) is 81.8 Å². The molecule has 156 valence electrons. The molecule has 4 aromatic rings. The van der Waals surface area contributed by atoms with Crippen LogP contribution in [0, 0.1) is 13.8 Å². The van der Waals surface area contributed by atoms with Crippen molar-refractivity contribution in [3.8, 4) is 17.2 Å². The number of hydrogen-bond donors (Lipinski definition) is 1. The van der Waals surface area contributed by atoms with Gasteiger partial charge in [-0.05, 0) is 79.6 Å². The quantitative estimate of drug-likeness (QED) is 0.332. The first-order valence-corrected chi connectivity index (χ1v) is 10.5. The molecule has 0 unspecified atom stereocenters. The van der Waals surface area contributed by atoms with Gasteiger partial charge < -0.3 is 14.5 Å². The standard InChI is InChI=1S/C25H21BrN2O3/c1-15-4-5-18(12-16(15)2)25-28-21-14-20(8-10-23(21)31-25)27-24(29)11-6-17-13-19(26)7-9-22(17)30-3/h4-14H,1-3H3,(H,27,29)/b11-6+. The molecule has 0 fully saturated rings. The summed E-state index contributed by atoms with van der Waals surface area (Å²) in [5, 5.41) is 2.86. The van der Waals surface area contributed by atoms with Gasteiger partial charge in [-0.2, -0.15) is 0 Å². The van der Waals surface area contributed by atoms with Crippen LogP contribution in [-0.4, -0.2) is 18.0 Å². The molecule has 5 nitrogen and oxygen atoms in total. The largest absolute Gasteiger partial charge is 0.496 e. The molecule has 4 rings (SSSR count). The lowest BCUT2D eigenvalue weighted by atomic mass is 10.1. The van der Waals surface area contributed by atoms with Gasteiger partial charge in [-0.1, -0.05) is 22.0 Å². The number of benzene rings is 3. The van der Waals surface area contributed by atoms with E-state index in [1.807, 2.05) is 30.3 Å². The van der Waals surface area contributed by atoms with Gasteiger partial charge in [0.05, 0.1) is 7.11 Å². The molecule has 1 N–H and O–H groups in total. The molecular weight excluding hydrogens is 456 g/mol. The van der Waals surface area contributed by atoms with Crippen LogP contribution in [0.3, 0.4) is 0 Å². The fourth-order valence-corrected chi connectivity index (χ4v) is 3.57. The second-order valence-corrected chi connectivity index (χ2v) is 8.13. The summed E-state index contributed by atoms with van der Waals surface area (Å²) in [6, 6.07) is 17.1. The van der Waals surface area contributed by atoms with Gasteiger partial charge in [0.2, 0.25) is 11.8 Å². The normalized spacial score (nSPS) is 11.2. The van der Waals surface area contributed by atoms with Crippen molar-refractivity contribution in [1.29, 1.82) is 0 Å². The predicted octanol–water partition coefficient (Wildman–Crippen LogP) is 6.53. The van der Waals surface area contributed by atoms with Crippen molar-refractivity contribution in [1.82, 2.24) is 4.98 Å². The molecular formula is C25H21BrN2O3. The van der Waals surface area contributed by atoms with Gasteiger partial charge >= 0.3 is 0 Å². The first kappa shape index (κ1) is 20.9. The van der Waals surface area contributed by atoms with Gasteiger partial charge in [-0.25, -0.2) is 4.98 Å². The monoisotopic (exact) mass is 476 g/mol. The number of carbonyl (C=O) groups is 1. The number of hydrogen-bond acceptors (Lipinski definition) is 4. The van der Waals surface area contributed by atoms with Crippen LogP contribution in [-0.2, 0) is 4.79 Å². The van der Waals surface area contributed by atoms with Crippen LogP contribution in [0.5, 0.6) is 5.75 Å². The van der Waals surface area contributed by atoms with Gasteiger partial charge in [0, 0.05) is 27.4 Å². The average molecular weight is 477 g/mol. The van der Waals surface area contributed by atoms with Crippen molar-refractivity contribution < 1.29 is 13.9 Å². The van der Waals surface area contributed by atoms with Crippen LogP contribution in [0.25, 0.3) is 28.6 Å². The van der Waals surface area contributed by atoms with Gasteiger partial charge in [0.1, 0.15) is 11.3 Å². The maximum atomic E-state index is 12.4. The van der Waals surface area contributed by atoms with E-state index < -0.39 is 0 Å². The molecule has 0 saturated heterocycles. The molecule has 1 amide bonds. The number of nitrogens with one attached hydrogen (secondary N) is 1. The van der Waals surface area contributed by atoms with E-state index in [1.165, 1.54) is 17.2 Å². The fraction of sp³-hybridized carbons (Fsp3) is 0.120. The number of rotatable bonds is 5. The summed E-state index contributed by atoms with van der Waals surface area (Å²) in [6.07, 6.45) is 3.18. The molecule has 1 heterocycles. The number of fused-ring (bicyclic) bond motifs is 1. The highest BCUT2D eigenvalue weighted by Crippen LogP contribution is 2.28. The Labute approximate surface area is 188 Å². The van der Waals surface area contributed by atoms with Gasteiger partial charge in [-0.15, -0.1) is 0 Å². The molecule has 0 aliphatic carbocycles. The second-order valence-electron chi connectivity index (χ2n) is 7.21. The molecule has 1 aromatic heterocycles. The van der Waals surface area contributed by atoms with Gasteiger partial charge in [0.25, 0.3) is 0 Å². The molecule has 6 heteroatoms. The number of aryl methyl sites for hydroxylation is 2. The number of nitrogens with zero attached hydrogens (tertiary/aromatic N) is 1. The number of anilines is 1. The number of carbonyl (C=O) groups excluding carboxylic acids is 1. The van der Waals surface area contributed by atoms with E-state index in [2.05, 4.69) is 52.2 Å². The van der Waals surface area contributed by atoms with Crippen molar-refractivity contribution in [2.45, 2.75) is 13.8 Å². The molecule has 3 aromatic carbocycles. The molecule has 0 radical (unpaired) electrons. The summed E-state index contributed by atoms with van der Waals surface area (Å²) >= 11 is 3.43. The van der Waals surface area contributed by atoms with Crippen molar-refractivity contribution in [2.24, 2.45) is 0 Å². The summed E-state index contributed by atoms with van der Waals surface area (Å²) in [5.41, 5.74) is 6.13. The Kier molecular flexibility index (Phi) is 5.91. The number of halogens is 1. The number of methoxy groups -OCH3 is 1. The van der Waals surface area contributed by atoms with Crippen LogP contribution in [0.15, 0.2) is 69.6 Å². The summed E-state index contributed by atoms with van der Waals surface area (Å²) < 4.78 is 12.1. The minimum absolute atomic E-state index is 0.251. The minimum Gasteiger partial charge on any atom is -0.496 e.